The van der Waals surface area contributed by atoms with E-state index in [1.54, 1.807) is 0 Å². The van der Waals surface area contributed by atoms with Crippen LogP contribution in [0.4, 0.5) is 8.78 Å². The van der Waals surface area contributed by atoms with Crippen molar-refractivity contribution in [2.24, 2.45) is 0 Å². The van der Waals surface area contributed by atoms with E-state index in [-0.39, 0.29) is 13.2 Å². The molecule has 0 bridgehead atoms. The number of rotatable bonds is 7. The first-order valence-corrected chi connectivity index (χ1v) is 5.71. The standard InChI is InChI=1S/C12H15F2NO3/c1-2-3-6-17-7-8-18-12(16)9-4-5-15-11(14)10(9)13/h4-5H,2-3,6-8H2,1H3. The van der Waals surface area contributed by atoms with Gasteiger partial charge in [-0.3, -0.25) is 0 Å². The molecule has 0 fully saturated rings. The lowest BCUT2D eigenvalue weighted by molar-refractivity contribution is 0.0308. The van der Waals surface area contributed by atoms with Crippen LogP contribution in [-0.4, -0.2) is 30.8 Å². The molecule has 4 nitrogen and oxygen atoms in total. The molecule has 0 amide bonds. The molecule has 0 N–H and O–H groups in total. The number of aromatic nitrogens is 1. The van der Waals surface area contributed by atoms with Gasteiger partial charge in [-0.05, 0) is 12.5 Å². The number of hydrogen-bond acceptors (Lipinski definition) is 4. The number of carbonyl (C=O) groups excluding carboxylic acids is 1. The van der Waals surface area contributed by atoms with Gasteiger partial charge >= 0.3 is 5.97 Å². The second kappa shape index (κ2) is 7.71. The highest BCUT2D eigenvalue weighted by Crippen LogP contribution is 2.10. The maximum absolute atomic E-state index is 13.2. The summed E-state index contributed by atoms with van der Waals surface area (Å²) in [6, 6.07) is 1.07. The molecule has 6 heteroatoms. The van der Waals surface area contributed by atoms with Crippen LogP contribution in [0.1, 0.15) is 30.1 Å². The third-order valence-electron chi connectivity index (χ3n) is 2.17. The fourth-order valence-corrected chi connectivity index (χ4v) is 1.20. The lowest BCUT2D eigenvalue weighted by Crippen LogP contribution is -2.13. The van der Waals surface area contributed by atoms with E-state index >= 15 is 0 Å². The van der Waals surface area contributed by atoms with Crippen molar-refractivity contribution < 1.29 is 23.0 Å². The van der Waals surface area contributed by atoms with Gasteiger partial charge < -0.3 is 9.47 Å². The zero-order valence-corrected chi connectivity index (χ0v) is 10.1. The van der Waals surface area contributed by atoms with E-state index in [9.17, 15) is 13.6 Å². The van der Waals surface area contributed by atoms with Gasteiger partial charge in [0.1, 0.15) is 12.2 Å². The van der Waals surface area contributed by atoms with Gasteiger partial charge in [0.05, 0.1) is 6.61 Å². The molecule has 100 valence electrons. The van der Waals surface area contributed by atoms with Crippen molar-refractivity contribution in [2.45, 2.75) is 19.8 Å². The summed E-state index contributed by atoms with van der Waals surface area (Å²) in [4.78, 5) is 14.5. The van der Waals surface area contributed by atoms with Crippen molar-refractivity contribution in [1.29, 1.82) is 0 Å². The summed E-state index contributed by atoms with van der Waals surface area (Å²) in [6.45, 7) is 2.86. The van der Waals surface area contributed by atoms with E-state index in [0.717, 1.165) is 25.1 Å². The Labute approximate surface area is 104 Å². The molecule has 0 saturated carbocycles. The Hall–Kier alpha value is -1.56. The summed E-state index contributed by atoms with van der Waals surface area (Å²) in [7, 11) is 0. The molecule has 0 aromatic carbocycles. The Morgan fingerprint density at radius 3 is 2.83 bits per heavy atom. The van der Waals surface area contributed by atoms with Crippen molar-refractivity contribution in [3.63, 3.8) is 0 Å². The molecule has 0 atom stereocenters. The Bertz CT molecular complexity index is 399. The number of ether oxygens (including phenoxy) is 2. The molecule has 1 heterocycles. The lowest BCUT2D eigenvalue weighted by Gasteiger charge is -2.06. The Balaban J connectivity index is 2.35. The zero-order chi connectivity index (χ0) is 13.4. The average Bonchev–Trinajstić information content (AvgIpc) is 2.36. The second-order valence-electron chi connectivity index (χ2n) is 3.57. The first-order valence-electron chi connectivity index (χ1n) is 5.71. The topological polar surface area (TPSA) is 48.4 Å². The first kappa shape index (κ1) is 14.5. The molecule has 1 aromatic heterocycles. The molecule has 1 rings (SSSR count). The highest BCUT2D eigenvalue weighted by molar-refractivity contribution is 5.89. The molecule has 0 aliphatic carbocycles. The number of esters is 1. The van der Waals surface area contributed by atoms with Crippen molar-refractivity contribution in [2.75, 3.05) is 19.8 Å². The molecule has 0 saturated heterocycles. The SMILES string of the molecule is CCCCOCCOC(=O)c1ccnc(F)c1F. The third-order valence-corrected chi connectivity index (χ3v) is 2.17. The highest BCUT2D eigenvalue weighted by atomic mass is 19.2. The van der Waals surface area contributed by atoms with Crippen LogP contribution in [0, 0.1) is 11.8 Å². The summed E-state index contributed by atoms with van der Waals surface area (Å²) in [5, 5.41) is 0. The number of unbranched alkanes of at least 4 members (excludes halogenated alkanes) is 1. The predicted octanol–water partition coefficient (Wildman–Crippen LogP) is 2.33. The van der Waals surface area contributed by atoms with Gasteiger partial charge in [-0.25, -0.2) is 14.2 Å². The predicted molar refractivity (Wildman–Crippen MR) is 60.2 cm³/mol. The van der Waals surface area contributed by atoms with Gasteiger partial charge in [0.25, 0.3) is 0 Å². The quantitative estimate of drug-likeness (QED) is 0.428. The van der Waals surface area contributed by atoms with Crippen LogP contribution < -0.4 is 0 Å². The first-order chi connectivity index (χ1) is 8.66. The van der Waals surface area contributed by atoms with E-state index in [1.165, 1.54) is 0 Å². The van der Waals surface area contributed by atoms with Gasteiger partial charge in [-0.15, -0.1) is 0 Å². The summed E-state index contributed by atoms with van der Waals surface area (Å²) in [5.41, 5.74) is -0.462. The molecule has 0 aliphatic rings. The van der Waals surface area contributed by atoms with Crippen LogP contribution in [0.2, 0.25) is 0 Å². The molecule has 0 spiro atoms. The van der Waals surface area contributed by atoms with Gasteiger partial charge in [0.2, 0.25) is 5.95 Å². The van der Waals surface area contributed by atoms with Crippen LogP contribution in [0.15, 0.2) is 12.3 Å². The minimum absolute atomic E-state index is 0.00588. The Morgan fingerprint density at radius 1 is 1.33 bits per heavy atom. The molecule has 0 radical (unpaired) electrons. The molecule has 1 aromatic rings. The molecule has 0 aliphatic heterocycles. The number of nitrogens with zero attached hydrogens (tertiary/aromatic N) is 1. The number of pyridine rings is 1. The van der Waals surface area contributed by atoms with Crippen molar-refractivity contribution >= 4 is 5.97 Å². The van der Waals surface area contributed by atoms with Crippen molar-refractivity contribution in [3.05, 3.63) is 29.6 Å². The fourth-order valence-electron chi connectivity index (χ4n) is 1.20. The summed E-state index contributed by atoms with van der Waals surface area (Å²) in [5.74, 6) is -3.54. The molecule has 18 heavy (non-hydrogen) atoms. The second-order valence-corrected chi connectivity index (χ2v) is 3.57. The Morgan fingerprint density at radius 2 is 2.11 bits per heavy atom. The monoisotopic (exact) mass is 259 g/mol. The van der Waals surface area contributed by atoms with Crippen LogP contribution in [0.5, 0.6) is 0 Å². The van der Waals surface area contributed by atoms with E-state index in [1.807, 2.05) is 6.92 Å². The van der Waals surface area contributed by atoms with Crippen LogP contribution in [0.3, 0.4) is 0 Å². The van der Waals surface area contributed by atoms with E-state index in [4.69, 9.17) is 9.47 Å². The van der Waals surface area contributed by atoms with Crippen LogP contribution >= 0.6 is 0 Å². The zero-order valence-electron chi connectivity index (χ0n) is 10.1. The van der Waals surface area contributed by atoms with Crippen molar-refractivity contribution in [3.8, 4) is 0 Å². The van der Waals surface area contributed by atoms with Crippen LogP contribution in [-0.2, 0) is 9.47 Å². The largest absolute Gasteiger partial charge is 0.460 e. The fraction of sp³-hybridized carbons (Fsp3) is 0.500. The third kappa shape index (κ3) is 4.37. The lowest BCUT2D eigenvalue weighted by atomic mass is 10.2. The van der Waals surface area contributed by atoms with Crippen LogP contribution in [0.25, 0.3) is 0 Å². The normalized spacial score (nSPS) is 10.4. The smallest absolute Gasteiger partial charge is 0.341 e. The average molecular weight is 259 g/mol. The highest BCUT2D eigenvalue weighted by Gasteiger charge is 2.17. The number of hydrogen-bond donors (Lipinski definition) is 0. The maximum atomic E-state index is 13.2. The van der Waals surface area contributed by atoms with E-state index < -0.39 is 23.3 Å². The Kier molecular flexibility index (Phi) is 6.21. The van der Waals surface area contributed by atoms with Crippen molar-refractivity contribution in [1.82, 2.24) is 4.98 Å². The minimum atomic E-state index is -1.32. The maximum Gasteiger partial charge on any atom is 0.341 e. The van der Waals surface area contributed by atoms with Gasteiger partial charge in [0, 0.05) is 12.8 Å². The molecular weight excluding hydrogens is 244 g/mol. The number of carbonyl (C=O) groups is 1. The summed E-state index contributed by atoms with van der Waals surface area (Å²) >= 11 is 0. The summed E-state index contributed by atoms with van der Waals surface area (Å²) < 4.78 is 35.8. The number of halogens is 2. The van der Waals surface area contributed by atoms with E-state index in [0.29, 0.717) is 6.61 Å². The van der Waals surface area contributed by atoms with Gasteiger partial charge in [-0.2, -0.15) is 4.39 Å². The van der Waals surface area contributed by atoms with Gasteiger partial charge in [-0.1, -0.05) is 13.3 Å². The van der Waals surface area contributed by atoms with E-state index in [2.05, 4.69) is 4.98 Å². The summed E-state index contributed by atoms with van der Waals surface area (Å²) in [6.07, 6.45) is 2.95. The van der Waals surface area contributed by atoms with Gasteiger partial charge in [0.15, 0.2) is 5.82 Å². The minimum Gasteiger partial charge on any atom is -0.460 e. The molecule has 0 unspecified atom stereocenters. The molecular formula is C12H15F2NO3.